The minimum atomic E-state index is -1.08. The van der Waals surface area contributed by atoms with Crippen molar-refractivity contribution >= 4 is 11.9 Å². The molecule has 2 aliphatic heterocycles. The maximum Gasteiger partial charge on any atom is 0.303 e. The van der Waals surface area contributed by atoms with Crippen LogP contribution in [-0.4, -0.2) is 74.4 Å². The molecule has 2 fully saturated rings. The summed E-state index contributed by atoms with van der Waals surface area (Å²) >= 11 is 0. The molecule has 0 bridgehead atoms. The summed E-state index contributed by atoms with van der Waals surface area (Å²) in [6, 6.07) is 1.32. The Morgan fingerprint density at radius 1 is 0.694 bits per heavy atom. The SMILES string of the molecule is CC1(C)CC(N(CCCCCCN)C2CC(C)(C)NC(C)(C)C2)CC(C)(C)N1.O=C(O)CCC(=O)O. The quantitative estimate of drug-likeness (QED) is 0.258. The van der Waals surface area contributed by atoms with Crippen LogP contribution >= 0.6 is 0 Å². The van der Waals surface area contributed by atoms with Crippen molar-refractivity contribution in [2.75, 3.05) is 13.1 Å². The summed E-state index contributed by atoms with van der Waals surface area (Å²) < 4.78 is 0. The zero-order valence-electron chi connectivity index (χ0n) is 24.4. The summed E-state index contributed by atoms with van der Waals surface area (Å²) in [4.78, 5) is 22.2. The molecule has 2 rings (SSSR count). The first-order valence-corrected chi connectivity index (χ1v) is 13.9. The van der Waals surface area contributed by atoms with E-state index in [1.807, 2.05) is 0 Å². The summed E-state index contributed by atoms with van der Waals surface area (Å²) in [6.07, 6.45) is 9.42. The number of rotatable bonds is 11. The van der Waals surface area contributed by atoms with E-state index >= 15 is 0 Å². The Hall–Kier alpha value is -1.22. The van der Waals surface area contributed by atoms with Gasteiger partial charge < -0.3 is 26.6 Å². The van der Waals surface area contributed by atoms with Gasteiger partial charge in [0.2, 0.25) is 0 Å². The van der Waals surface area contributed by atoms with E-state index < -0.39 is 11.9 Å². The number of hydrogen-bond acceptors (Lipinski definition) is 6. The van der Waals surface area contributed by atoms with Crippen LogP contribution in [0.25, 0.3) is 0 Å². The van der Waals surface area contributed by atoms with E-state index in [9.17, 15) is 9.59 Å². The van der Waals surface area contributed by atoms with Crippen LogP contribution in [-0.2, 0) is 9.59 Å². The first-order valence-electron chi connectivity index (χ1n) is 13.9. The Morgan fingerprint density at radius 3 is 1.33 bits per heavy atom. The monoisotopic (exact) mass is 512 g/mol. The molecule has 2 aliphatic rings. The lowest BCUT2D eigenvalue weighted by Crippen LogP contribution is -2.67. The number of carboxylic acids is 2. The second-order valence-electron chi connectivity index (χ2n) is 13.6. The van der Waals surface area contributed by atoms with E-state index in [-0.39, 0.29) is 35.0 Å². The first kappa shape index (κ1) is 32.8. The number of aliphatic carboxylic acids is 2. The summed E-state index contributed by atoms with van der Waals surface area (Å²) in [7, 11) is 0. The molecule has 36 heavy (non-hydrogen) atoms. The van der Waals surface area contributed by atoms with Gasteiger partial charge in [-0.1, -0.05) is 12.8 Å². The van der Waals surface area contributed by atoms with Crippen LogP contribution in [0.15, 0.2) is 0 Å². The number of carboxylic acid groups (broad SMARTS) is 2. The molecule has 0 aromatic heterocycles. The topological polar surface area (TPSA) is 128 Å². The predicted molar refractivity (Wildman–Crippen MR) is 147 cm³/mol. The Labute approximate surface area is 220 Å². The minimum Gasteiger partial charge on any atom is -0.481 e. The summed E-state index contributed by atoms with van der Waals surface area (Å²) in [6.45, 7) is 21.1. The first-order chi connectivity index (χ1) is 16.4. The van der Waals surface area contributed by atoms with Gasteiger partial charge in [0, 0.05) is 34.2 Å². The van der Waals surface area contributed by atoms with Crippen molar-refractivity contribution in [3.63, 3.8) is 0 Å². The van der Waals surface area contributed by atoms with Gasteiger partial charge in [0.25, 0.3) is 0 Å². The highest BCUT2D eigenvalue weighted by Gasteiger charge is 2.45. The summed E-state index contributed by atoms with van der Waals surface area (Å²) in [5.74, 6) is -2.15. The van der Waals surface area contributed by atoms with E-state index in [0.717, 1.165) is 6.54 Å². The van der Waals surface area contributed by atoms with Crippen molar-refractivity contribution in [2.24, 2.45) is 5.73 Å². The lowest BCUT2D eigenvalue weighted by atomic mass is 9.75. The number of unbranched alkanes of at least 4 members (excludes halogenated alkanes) is 3. The molecule has 0 radical (unpaired) electrons. The normalized spacial score (nSPS) is 23.1. The molecular weight excluding hydrogens is 456 g/mol. The van der Waals surface area contributed by atoms with Crippen molar-refractivity contribution < 1.29 is 19.8 Å². The molecule has 0 aromatic rings. The van der Waals surface area contributed by atoms with E-state index in [4.69, 9.17) is 15.9 Å². The zero-order chi connectivity index (χ0) is 27.8. The van der Waals surface area contributed by atoms with Crippen molar-refractivity contribution in [1.82, 2.24) is 15.5 Å². The minimum absolute atomic E-state index is 0.197. The van der Waals surface area contributed by atoms with Crippen LogP contribution in [0.3, 0.4) is 0 Å². The second-order valence-corrected chi connectivity index (χ2v) is 13.6. The van der Waals surface area contributed by atoms with Crippen LogP contribution in [0.5, 0.6) is 0 Å². The maximum atomic E-state index is 9.64. The Bertz CT molecular complexity index is 622. The van der Waals surface area contributed by atoms with Gasteiger partial charge in [-0.05, 0) is 107 Å². The molecule has 212 valence electrons. The highest BCUT2D eigenvalue weighted by Crippen LogP contribution is 2.38. The molecule has 0 aromatic carbocycles. The van der Waals surface area contributed by atoms with Crippen LogP contribution in [0.4, 0.5) is 0 Å². The molecule has 0 atom stereocenters. The zero-order valence-corrected chi connectivity index (χ0v) is 24.4. The third-order valence-electron chi connectivity index (χ3n) is 7.20. The van der Waals surface area contributed by atoms with E-state index in [1.54, 1.807) is 0 Å². The standard InChI is InChI=1S/C24H50N4.C4H6O4/c1-21(2)15-19(16-22(3,4)26-21)28(14-12-10-9-11-13-25)20-17-23(5,6)27-24(7,8)18-20;5-3(6)1-2-4(7)8/h19-20,26-27H,9-18,25H2,1-8H3;1-2H2,(H,5,6)(H,7,8). The average Bonchev–Trinajstić information content (AvgIpc) is 2.64. The largest absolute Gasteiger partial charge is 0.481 e. The highest BCUT2D eigenvalue weighted by atomic mass is 16.4. The third-order valence-corrected chi connectivity index (χ3v) is 7.20. The molecule has 2 heterocycles. The van der Waals surface area contributed by atoms with Gasteiger partial charge in [0.15, 0.2) is 0 Å². The Kier molecular flexibility index (Phi) is 12.3. The molecule has 0 spiro atoms. The number of carbonyl (C=O) groups is 2. The van der Waals surface area contributed by atoms with Crippen LogP contribution < -0.4 is 16.4 Å². The summed E-state index contributed by atoms with van der Waals surface area (Å²) in [5, 5.41) is 23.6. The smallest absolute Gasteiger partial charge is 0.303 e. The van der Waals surface area contributed by atoms with Gasteiger partial charge in [-0.15, -0.1) is 0 Å². The number of nitrogens with zero attached hydrogens (tertiary/aromatic N) is 1. The predicted octanol–water partition coefficient (Wildman–Crippen LogP) is 4.36. The molecule has 8 nitrogen and oxygen atoms in total. The highest BCUT2D eigenvalue weighted by molar-refractivity contribution is 5.75. The van der Waals surface area contributed by atoms with Gasteiger partial charge in [-0.3, -0.25) is 14.5 Å². The average molecular weight is 513 g/mol. The fourth-order valence-electron chi connectivity index (χ4n) is 6.68. The second kappa shape index (κ2) is 13.5. The molecule has 2 saturated heterocycles. The molecule has 6 N–H and O–H groups in total. The van der Waals surface area contributed by atoms with Gasteiger partial charge >= 0.3 is 11.9 Å². The molecule has 0 saturated carbocycles. The fourth-order valence-corrected chi connectivity index (χ4v) is 6.68. The van der Waals surface area contributed by atoms with Crippen LogP contribution in [0, 0.1) is 0 Å². The molecule has 0 aliphatic carbocycles. The Balaban J connectivity index is 0.000000697. The summed E-state index contributed by atoms with van der Waals surface area (Å²) in [5.41, 5.74) is 6.49. The lowest BCUT2D eigenvalue weighted by Gasteiger charge is -2.55. The van der Waals surface area contributed by atoms with Crippen molar-refractivity contribution in [2.45, 2.75) is 154 Å². The van der Waals surface area contributed by atoms with Crippen molar-refractivity contribution in [3.05, 3.63) is 0 Å². The third kappa shape index (κ3) is 12.8. The number of nitrogens with one attached hydrogen (secondary N) is 2. The molecule has 0 amide bonds. The number of piperidine rings is 2. The van der Waals surface area contributed by atoms with E-state index in [0.29, 0.717) is 12.1 Å². The van der Waals surface area contributed by atoms with Crippen molar-refractivity contribution in [1.29, 1.82) is 0 Å². The molecule has 8 heteroatoms. The van der Waals surface area contributed by atoms with E-state index in [2.05, 4.69) is 70.9 Å². The number of nitrogens with two attached hydrogens (primary N) is 1. The van der Waals surface area contributed by atoms with Crippen molar-refractivity contribution in [3.8, 4) is 0 Å². The molecular formula is C28H56N4O4. The maximum absolute atomic E-state index is 9.64. The van der Waals surface area contributed by atoms with Gasteiger partial charge in [-0.2, -0.15) is 0 Å². The van der Waals surface area contributed by atoms with Crippen LogP contribution in [0.2, 0.25) is 0 Å². The van der Waals surface area contributed by atoms with Gasteiger partial charge in [-0.25, -0.2) is 0 Å². The number of hydrogen-bond donors (Lipinski definition) is 5. The fraction of sp³-hybridized carbons (Fsp3) is 0.929. The molecule has 0 unspecified atom stereocenters. The van der Waals surface area contributed by atoms with Crippen LogP contribution in [0.1, 0.15) is 120 Å². The lowest BCUT2D eigenvalue weighted by molar-refractivity contribution is -0.143. The van der Waals surface area contributed by atoms with Gasteiger partial charge in [0.1, 0.15) is 0 Å². The van der Waals surface area contributed by atoms with Gasteiger partial charge in [0.05, 0.1) is 12.8 Å². The van der Waals surface area contributed by atoms with E-state index in [1.165, 1.54) is 57.9 Å². The Morgan fingerprint density at radius 2 is 1.03 bits per heavy atom.